The molecule has 0 fully saturated rings. The summed E-state index contributed by atoms with van der Waals surface area (Å²) < 4.78 is 20.4. The van der Waals surface area contributed by atoms with E-state index in [0.29, 0.717) is 6.61 Å². The predicted molar refractivity (Wildman–Crippen MR) is 89.9 cm³/mol. The first-order valence-corrected chi connectivity index (χ1v) is 10.3. The molecule has 0 rings (SSSR count). The van der Waals surface area contributed by atoms with Gasteiger partial charge in [-0.25, -0.2) is 4.57 Å². The average Bonchev–Trinajstić information content (AvgIpc) is 2.42. The number of phosphoric acid groups is 1. The van der Waals surface area contributed by atoms with Gasteiger partial charge in [-0.3, -0.25) is 4.52 Å². The summed E-state index contributed by atoms with van der Waals surface area (Å²) in [6.07, 6.45) is 13.6. The van der Waals surface area contributed by atoms with Crippen LogP contribution in [0, 0.1) is 0 Å². The maximum Gasteiger partial charge on any atom is 0.469 e. The highest BCUT2D eigenvalue weighted by atomic mass is 31.2. The van der Waals surface area contributed by atoms with Crippen LogP contribution in [0.2, 0.25) is 0 Å². The van der Waals surface area contributed by atoms with Crippen molar-refractivity contribution in [2.24, 2.45) is 0 Å². The zero-order valence-corrected chi connectivity index (χ0v) is 15.2. The first-order chi connectivity index (χ1) is 10.5. The van der Waals surface area contributed by atoms with Gasteiger partial charge in [0.1, 0.15) is 0 Å². The van der Waals surface area contributed by atoms with Crippen molar-refractivity contribution in [3.8, 4) is 0 Å². The molecule has 0 aromatic carbocycles. The third kappa shape index (κ3) is 18.1. The van der Waals surface area contributed by atoms with Gasteiger partial charge in [-0.15, -0.1) is 0 Å². The SMILES string of the molecule is CCCCCCCCCCCCCOCC(C)OP(=O)(O)O. The first kappa shape index (κ1) is 22.1. The van der Waals surface area contributed by atoms with Crippen LogP contribution in [0.3, 0.4) is 0 Å². The van der Waals surface area contributed by atoms with E-state index in [0.717, 1.165) is 12.8 Å². The number of hydrogen-bond acceptors (Lipinski definition) is 3. The van der Waals surface area contributed by atoms with E-state index in [1.807, 2.05) is 0 Å². The van der Waals surface area contributed by atoms with Crippen LogP contribution in [0.1, 0.15) is 84.5 Å². The van der Waals surface area contributed by atoms with Gasteiger partial charge in [-0.05, 0) is 13.3 Å². The molecular formula is C16H35O5P. The number of rotatable bonds is 16. The Kier molecular flexibility index (Phi) is 14.7. The number of unbranched alkanes of at least 4 members (excludes halogenated alkanes) is 10. The Bertz CT molecular complexity index is 280. The van der Waals surface area contributed by atoms with Crippen LogP contribution in [-0.4, -0.2) is 29.1 Å². The maximum absolute atomic E-state index is 10.6. The minimum Gasteiger partial charge on any atom is -0.379 e. The fourth-order valence-corrected chi connectivity index (χ4v) is 2.91. The second kappa shape index (κ2) is 14.6. The summed E-state index contributed by atoms with van der Waals surface area (Å²) >= 11 is 0. The molecule has 1 unspecified atom stereocenters. The standard InChI is InChI=1S/C16H35O5P/c1-3-4-5-6-7-8-9-10-11-12-13-14-20-15-16(2)21-22(17,18)19/h16H,3-15H2,1-2H3,(H2,17,18,19). The third-order valence-corrected chi connectivity index (χ3v) is 4.20. The fourth-order valence-electron chi connectivity index (χ4n) is 2.38. The van der Waals surface area contributed by atoms with Crippen LogP contribution in [0.5, 0.6) is 0 Å². The van der Waals surface area contributed by atoms with Crippen LogP contribution >= 0.6 is 7.82 Å². The van der Waals surface area contributed by atoms with Gasteiger partial charge < -0.3 is 14.5 Å². The monoisotopic (exact) mass is 338 g/mol. The maximum atomic E-state index is 10.6. The van der Waals surface area contributed by atoms with Crippen molar-refractivity contribution in [2.45, 2.75) is 90.6 Å². The van der Waals surface area contributed by atoms with E-state index in [2.05, 4.69) is 11.4 Å². The van der Waals surface area contributed by atoms with Crippen LogP contribution in [0.4, 0.5) is 0 Å². The minimum atomic E-state index is -4.39. The summed E-state index contributed by atoms with van der Waals surface area (Å²) in [7, 11) is -4.39. The van der Waals surface area contributed by atoms with E-state index in [1.54, 1.807) is 6.92 Å². The summed E-state index contributed by atoms with van der Waals surface area (Å²) in [5, 5.41) is 0. The number of phosphoric ester groups is 1. The van der Waals surface area contributed by atoms with Gasteiger partial charge in [-0.1, -0.05) is 71.1 Å². The molecule has 0 amide bonds. The van der Waals surface area contributed by atoms with E-state index in [-0.39, 0.29) is 6.61 Å². The van der Waals surface area contributed by atoms with Crippen molar-refractivity contribution in [3.05, 3.63) is 0 Å². The number of hydrogen-bond donors (Lipinski definition) is 2. The van der Waals surface area contributed by atoms with Crippen LogP contribution in [0.15, 0.2) is 0 Å². The van der Waals surface area contributed by atoms with Gasteiger partial charge in [-0.2, -0.15) is 0 Å². The van der Waals surface area contributed by atoms with E-state index in [9.17, 15) is 4.57 Å². The molecule has 0 aromatic heterocycles. The summed E-state index contributed by atoms with van der Waals surface area (Å²) in [6, 6.07) is 0. The Balaban J connectivity index is 3.16. The molecule has 0 aromatic rings. The van der Waals surface area contributed by atoms with E-state index < -0.39 is 13.9 Å². The molecule has 0 spiro atoms. The lowest BCUT2D eigenvalue weighted by Gasteiger charge is -2.13. The Morgan fingerprint density at radius 1 is 0.864 bits per heavy atom. The van der Waals surface area contributed by atoms with Crippen LogP contribution in [0.25, 0.3) is 0 Å². The highest BCUT2D eigenvalue weighted by Gasteiger charge is 2.18. The highest BCUT2D eigenvalue weighted by molar-refractivity contribution is 7.46. The minimum absolute atomic E-state index is 0.225. The molecule has 5 nitrogen and oxygen atoms in total. The predicted octanol–water partition coefficient (Wildman–Crippen LogP) is 4.81. The van der Waals surface area contributed by atoms with Crippen molar-refractivity contribution in [1.82, 2.24) is 0 Å². The van der Waals surface area contributed by atoms with Gasteiger partial charge in [0, 0.05) is 6.61 Å². The molecule has 0 aliphatic heterocycles. The molecule has 0 saturated carbocycles. The lowest BCUT2D eigenvalue weighted by Crippen LogP contribution is -2.15. The second-order valence-electron chi connectivity index (χ2n) is 6.02. The Labute approximate surface area is 136 Å². The van der Waals surface area contributed by atoms with E-state index in [1.165, 1.54) is 57.8 Å². The van der Waals surface area contributed by atoms with Gasteiger partial charge in [0.25, 0.3) is 0 Å². The summed E-state index contributed by atoms with van der Waals surface area (Å²) in [6.45, 7) is 4.70. The van der Waals surface area contributed by atoms with Crippen molar-refractivity contribution in [2.75, 3.05) is 13.2 Å². The third-order valence-electron chi connectivity index (χ3n) is 3.56. The molecule has 22 heavy (non-hydrogen) atoms. The fraction of sp³-hybridized carbons (Fsp3) is 1.00. The molecule has 0 aliphatic carbocycles. The molecule has 0 radical (unpaired) electrons. The van der Waals surface area contributed by atoms with Gasteiger partial charge in [0.2, 0.25) is 0 Å². The second-order valence-corrected chi connectivity index (χ2v) is 7.21. The quantitative estimate of drug-likeness (QED) is 0.312. The number of ether oxygens (including phenoxy) is 1. The van der Waals surface area contributed by atoms with E-state index >= 15 is 0 Å². The van der Waals surface area contributed by atoms with Crippen molar-refractivity contribution >= 4 is 7.82 Å². The topological polar surface area (TPSA) is 76.0 Å². The molecular weight excluding hydrogens is 303 g/mol. The normalized spacial score (nSPS) is 13.5. The van der Waals surface area contributed by atoms with E-state index in [4.69, 9.17) is 14.5 Å². The molecule has 1 atom stereocenters. The molecule has 0 aliphatic rings. The Morgan fingerprint density at radius 3 is 1.77 bits per heavy atom. The van der Waals surface area contributed by atoms with Gasteiger partial charge in [0.05, 0.1) is 12.7 Å². The zero-order valence-electron chi connectivity index (χ0n) is 14.3. The molecule has 0 bridgehead atoms. The molecule has 0 heterocycles. The van der Waals surface area contributed by atoms with Crippen LogP contribution in [-0.2, 0) is 13.8 Å². The van der Waals surface area contributed by atoms with Crippen molar-refractivity contribution in [1.29, 1.82) is 0 Å². The zero-order chi connectivity index (χ0) is 16.7. The summed E-state index contributed by atoms with van der Waals surface area (Å²) in [5.74, 6) is 0. The molecule has 0 saturated heterocycles. The molecule has 2 N–H and O–H groups in total. The smallest absolute Gasteiger partial charge is 0.379 e. The van der Waals surface area contributed by atoms with Crippen LogP contribution < -0.4 is 0 Å². The average molecular weight is 338 g/mol. The van der Waals surface area contributed by atoms with Crippen molar-refractivity contribution < 1.29 is 23.6 Å². The first-order valence-electron chi connectivity index (χ1n) is 8.77. The van der Waals surface area contributed by atoms with Gasteiger partial charge in [0.15, 0.2) is 0 Å². The Hall–Kier alpha value is 0.0700. The van der Waals surface area contributed by atoms with Gasteiger partial charge >= 0.3 is 7.82 Å². The molecule has 134 valence electrons. The summed E-state index contributed by atoms with van der Waals surface area (Å²) in [5.41, 5.74) is 0. The Morgan fingerprint density at radius 2 is 1.32 bits per heavy atom. The largest absolute Gasteiger partial charge is 0.469 e. The molecule has 6 heteroatoms. The lowest BCUT2D eigenvalue weighted by atomic mass is 10.1. The lowest BCUT2D eigenvalue weighted by molar-refractivity contribution is 0.0403. The highest BCUT2D eigenvalue weighted by Crippen LogP contribution is 2.37. The van der Waals surface area contributed by atoms with Crippen molar-refractivity contribution in [3.63, 3.8) is 0 Å². The summed E-state index contributed by atoms with van der Waals surface area (Å²) in [4.78, 5) is 17.3.